The summed E-state index contributed by atoms with van der Waals surface area (Å²) in [4.78, 5) is 7.50. The van der Waals surface area contributed by atoms with E-state index in [0.29, 0.717) is 6.04 Å². The first-order chi connectivity index (χ1) is 13.9. The molecule has 0 bridgehead atoms. The first-order valence-corrected chi connectivity index (χ1v) is 12.0. The van der Waals surface area contributed by atoms with Crippen LogP contribution in [0.1, 0.15) is 86.4 Å². The van der Waals surface area contributed by atoms with Gasteiger partial charge in [0.2, 0.25) is 0 Å². The molecule has 1 fully saturated rings. The monoisotopic (exact) mass is 410 g/mol. The van der Waals surface area contributed by atoms with Crippen LogP contribution in [-0.4, -0.2) is 14.7 Å². The Bertz CT molecular complexity index is 1020. The zero-order valence-electron chi connectivity index (χ0n) is 18.5. The van der Waals surface area contributed by atoms with Gasteiger partial charge in [0.15, 0.2) is 0 Å². The Kier molecular flexibility index (Phi) is 5.60. The average Bonchev–Trinajstić information content (AvgIpc) is 3.24. The minimum atomic E-state index is -0.640. The van der Waals surface area contributed by atoms with Crippen molar-refractivity contribution in [2.75, 3.05) is 0 Å². The SMILES string of the molecule is CCC(CC)n1cc(C)c2nc(-c3sc(C4(O)CCCCC4)cc3C)c(C)cc21. The van der Waals surface area contributed by atoms with Crippen LogP contribution < -0.4 is 0 Å². The Balaban J connectivity index is 1.81. The van der Waals surface area contributed by atoms with Crippen LogP contribution in [0.5, 0.6) is 0 Å². The molecule has 0 unspecified atom stereocenters. The Hall–Kier alpha value is -1.65. The fourth-order valence-electron chi connectivity index (χ4n) is 4.97. The standard InChI is InChI=1S/C25H34N2OS/c1-6-19(7-2)27-15-18(5)22-20(27)13-16(3)23(26-22)24-17(4)14-21(29-24)25(28)11-9-8-10-12-25/h13-15,19,28H,6-12H2,1-5H3. The van der Waals surface area contributed by atoms with Crippen molar-refractivity contribution in [3.05, 3.63) is 39.9 Å². The largest absolute Gasteiger partial charge is 0.384 e. The van der Waals surface area contributed by atoms with Gasteiger partial charge >= 0.3 is 0 Å². The topological polar surface area (TPSA) is 38.0 Å². The predicted octanol–water partition coefficient (Wildman–Crippen LogP) is 7.20. The second kappa shape index (κ2) is 7.88. The second-order valence-corrected chi connectivity index (χ2v) is 9.98. The number of aliphatic hydroxyl groups is 1. The van der Waals surface area contributed by atoms with E-state index in [-0.39, 0.29) is 0 Å². The molecule has 29 heavy (non-hydrogen) atoms. The second-order valence-electron chi connectivity index (χ2n) is 8.93. The number of hydrogen-bond acceptors (Lipinski definition) is 3. The zero-order valence-corrected chi connectivity index (χ0v) is 19.3. The van der Waals surface area contributed by atoms with Gasteiger partial charge in [-0.1, -0.05) is 33.1 Å². The van der Waals surface area contributed by atoms with Crippen molar-refractivity contribution in [3.8, 4) is 10.6 Å². The van der Waals surface area contributed by atoms with Crippen molar-refractivity contribution in [2.24, 2.45) is 0 Å². The molecule has 0 amide bonds. The molecule has 0 atom stereocenters. The fourth-order valence-corrected chi connectivity index (χ4v) is 6.34. The summed E-state index contributed by atoms with van der Waals surface area (Å²) in [6.45, 7) is 11.0. The minimum absolute atomic E-state index is 0.522. The lowest BCUT2D eigenvalue weighted by Gasteiger charge is -2.31. The normalized spacial score (nSPS) is 16.8. The van der Waals surface area contributed by atoms with Crippen molar-refractivity contribution in [3.63, 3.8) is 0 Å². The summed E-state index contributed by atoms with van der Waals surface area (Å²) >= 11 is 1.75. The van der Waals surface area contributed by atoms with Crippen LogP contribution in [0.25, 0.3) is 21.6 Å². The van der Waals surface area contributed by atoms with Gasteiger partial charge in [-0.2, -0.15) is 0 Å². The highest BCUT2D eigenvalue weighted by Gasteiger charge is 2.33. The maximum absolute atomic E-state index is 11.2. The number of fused-ring (bicyclic) bond motifs is 1. The molecule has 0 aliphatic heterocycles. The lowest BCUT2D eigenvalue weighted by atomic mass is 9.83. The molecule has 3 aromatic rings. The van der Waals surface area contributed by atoms with Gasteiger partial charge in [-0.15, -0.1) is 11.3 Å². The van der Waals surface area contributed by atoms with Gasteiger partial charge < -0.3 is 9.67 Å². The lowest BCUT2D eigenvalue weighted by Crippen LogP contribution is -2.27. The molecule has 3 heterocycles. The van der Waals surface area contributed by atoms with Crippen molar-refractivity contribution in [2.45, 2.75) is 91.2 Å². The summed E-state index contributed by atoms with van der Waals surface area (Å²) in [5, 5.41) is 11.2. The van der Waals surface area contributed by atoms with Crippen LogP contribution in [0.3, 0.4) is 0 Å². The van der Waals surface area contributed by atoms with Crippen molar-refractivity contribution in [1.82, 2.24) is 9.55 Å². The highest BCUT2D eigenvalue weighted by Crippen LogP contribution is 2.44. The van der Waals surface area contributed by atoms with E-state index in [0.717, 1.165) is 54.6 Å². The van der Waals surface area contributed by atoms with Crippen molar-refractivity contribution in [1.29, 1.82) is 0 Å². The molecule has 0 spiro atoms. The summed E-state index contributed by atoms with van der Waals surface area (Å²) in [5.41, 5.74) is 6.50. The van der Waals surface area contributed by atoms with Crippen LogP contribution in [0.15, 0.2) is 18.3 Å². The number of hydrogen-bond donors (Lipinski definition) is 1. The molecule has 1 N–H and O–H groups in total. The molecule has 0 saturated heterocycles. The van der Waals surface area contributed by atoms with Gasteiger partial charge in [-0.3, -0.25) is 0 Å². The fraction of sp³-hybridized carbons (Fsp3) is 0.560. The maximum atomic E-state index is 11.2. The lowest BCUT2D eigenvalue weighted by molar-refractivity contribution is 0.00280. The molecule has 156 valence electrons. The summed E-state index contributed by atoms with van der Waals surface area (Å²) in [6, 6.07) is 5.05. The number of aromatic nitrogens is 2. The van der Waals surface area contributed by atoms with Gasteiger partial charge in [0.1, 0.15) is 0 Å². The highest BCUT2D eigenvalue weighted by atomic mass is 32.1. The van der Waals surface area contributed by atoms with Crippen LogP contribution in [-0.2, 0) is 5.60 Å². The Morgan fingerprint density at radius 1 is 1.03 bits per heavy atom. The van der Waals surface area contributed by atoms with Crippen molar-refractivity contribution >= 4 is 22.4 Å². The molecular weight excluding hydrogens is 376 g/mol. The van der Waals surface area contributed by atoms with Crippen LogP contribution >= 0.6 is 11.3 Å². The Labute approximate surface area is 178 Å². The van der Waals surface area contributed by atoms with E-state index < -0.39 is 5.60 Å². The Morgan fingerprint density at radius 3 is 2.38 bits per heavy atom. The first-order valence-electron chi connectivity index (χ1n) is 11.2. The Morgan fingerprint density at radius 2 is 1.72 bits per heavy atom. The quantitative estimate of drug-likeness (QED) is 0.483. The highest BCUT2D eigenvalue weighted by molar-refractivity contribution is 7.15. The molecular formula is C25H34N2OS. The van der Waals surface area contributed by atoms with E-state index in [9.17, 15) is 5.11 Å². The number of pyridine rings is 1. The van der Waals surface area contributed by atoms with Crippen LogP contribution in [0.2, 0.25) is 0 Å². The molecule has 0 radical (unpaired) electrons. The third-order valence-corrected chi connectivity index (χ3v) is 8.22. The van der Waals surface area contributed by atoms with E-state index >= 15 is 0 Å². The number of aryl methyl sites for hydroxylation is 3. The first kappa shape index (κ1) is 20.6. The molecule has 0 aromatic carbocycles. The van der Waals surface area contributed by atoms with Gasteiger partial charge in [0.05, 0.1) is 27.2 Å². The molecule has 4 heteroatoms. The van der Waals surface area contributed by atoms with Crippen LogP contribution in [0, 0.1) is 20.8 Å². The molecule has 1 aliphatic carbocycles. The van der Waals surface area contributed by atoms with Gasteiger partial charge in [0, 0.05) is 17.1 Å². The summed E-state index contributed by atoms with van der Waals surface area (Å²) < 4.78 is 2.42. The average molecular weight is 411 g/mol. The van der Waals surface area contributed by atoms with Crippen LogP contribution in [0.4, 0.5) is 0 Å². The molecule has 1 aliphatic rings. The molecule has 1 saturated carbocycles. The minimum Gasteiger partial charge on any atom is -0.384 e. The summed E-state index contributed by atoms with van der Waals surface area (Å²) in [6.07, 6.45) is 9.78. The summed E-state index contributed by atoms with van der Waals surface area (Å²) in [7, 11) is 0. The van der Waals surface area contributed by atoms with Gasteiger partial charge in [-0.25, -0.2) is 4.98 Å². The number of nitrogens with zero attached hydrogens (tertiary/aromatic N) is 2. The van der Waals surface area contributed by atoms with E-state index in [2.05, 4.69) is 57.5 Å². The van der Waals surface area contributed by atoms with E-state index in [4.69, 9.17) is 4.98 Å². The predicted molar refractivity (Wildman–Crippen MR) is 124 cm³/mol. The zero-order chi connectivity index (χ0) is 20.8. The molecule has 3 nitrogen and oxygen atoms in total. The van der Waals surface area contributed by atoms with E-state index in [1.54, 1.807) is 11.3 Å². The summed E-state index contributed by atoms with van der Waals surface area (Å²) in [5.74, 6) is 0. The smallest absolute Gasteiger partial charge is 0.0988 e. The molecule has 3 aromatic heterocycles. The molecule has 4 rings (SSSR count). The number of rotatable bonds is 5. The third-order valence-electron chi connectivity index (χ3n) is 6.79. The van der Waals surface area contributed by atoms with E-state index in [1.807, 2.05) is 0 Å². The maximum Gasteiger partial charge on any atom is 0.0988 e. The van der Waals surface area contributed by atoms with E-state index in [1.165, 1.54) is 33.5 Å². The third kappa shape index (κ3) is 3.55. The number of thiophene rings is 1. The van der Waals surface area contributed by atoms with Crippen molar-refractivity contribution < 1.29 is 5.11 Å². The van der Waals surface area contributed by atoms with Gasteiger partial charge in [0.25, 0.3) is 0 Å². The van der Waals surface area contributed by atoms with Gasteiger partial charge in [-0.05, 0) is 75.3 Å².